The summed E-state index contributed by atoms with van der Waals surface area (Å²) in [6, 6.07) is 7.88. The lowest BCUT2D eigenvalue weighted by molar-refractivity contribution is -0.0857. The van der Waals surface area contributed by atoms with Gasteiger partial charge in [0.1, 0.15) is 0 Å². The lowest BCUT2D eigenvalue weighted by atomic mass is 9.94. The predicted molar refractivity (Wildman–Crippen MR) is 109 cm³/mol. The second kappa shape index (κ2) is 10.4. The van der Waals surface area contributed by atoms with Crippen LogP contribution in [0.5, 0.6) is 0 Å². The third kappa shape index (κ3) is 6.06. The first kappa shape index (κ1) is 21.5. The molecule has 0 radical (unpaired) electrons. The Morgan fingerprint density at radius 3 is 2.71 bits per heavy atom. The fraction of sp³-hybridized carbons (Fsp3) is 0.588. The van der Waals surface area contributed by atoms with Crippen LogP contribution in [0.1, 0.15) is 18.4 Å². The van der Waals surface area contributed by atoms with E-state index in [1.807, 2.05) is 25.2 Å². The van der Waals surface area contributed by atoms with Gasteiger partial charge >= 0.3 is 0 Å². The maximum absolute atomic E-state index is 6.05. The summed E-state index contributed by atoms with van der Waals surface area (Å²) >= 11 is 6.05. The highest BCUT2D eigenvalue weighted by molar-refractivity contribution is 14.0. The second-order valence-electron chi connectivity index (χ2n) is 5.89. The van der Waals surface area contributed by atoms with Gasteiger partial charge in [-0.1, -0.05) is 23.7 Å². The van der Waals surface area contributed by atoms with E-state index in [9.17, 15) is 0 Å². The van der Waals surface area contributed by atoms with Crippen LogP contribution in [0.2, 0.25) is 5.02 Å². The molecule has 0 bridgehead atoms. The van der Waals surface area contributed by atoms with Crippen molar-refractivity contribution in [3.63, 3.8) is 0 Å². The van der Waals surface area contributed by atoms with Crippen molar-refractivity contribution in [2.75, 3.05) is 41.0 Å². The number of guanidine groups is 1. The van der Waals surface area contributed by atoms with Gasteiger partial charge in [0.25, 0.3) is 0 Å². The highest BCUT2D eigenvalue weighted by Gasteiger charge is 2.32. The monoisotopic (exact) mass is 467 g/mol. The van der Waals surface area contributed by atoms with Crippen molar-refractivity contribution in [2.24, 2.45) is 4.99 Å². The summed E-state index contributed by atoms with van der Waals surface area (Å²) in [6.45, 7) is 2.95. The number of benzene rings is 1. The van der Waals surface area contributed by atoms with Gasteiger partial charge in [0.05, 0.1) is 5.60 Å². The first-order chi connectivity index (χ1) is 11.1. The fourth-order valence-corrected chi connectivity index (χ4v) is 3.02. The van der Waals surface area contributed by atoms with Crippen LogP contribution in [0.25, 0.3) is 0 Å². The average molecular weight is 468 g/mol. The topological polar surface area (TPSA) is 46.1 Å². The molecule has 1 aliphatic heterocycles. The molecule has 0 amide bonds. The van der Waals surface area contributed by atoms with Gasteiger partial charge in [0.15, 0.2) is 5.96 Å². The predicted octanol–water partition coefficient (Wildman–Crippen LogP) is 3.16. The Labute approximate surface area is 166 Å². The van der Waals surface area contributed by atoms with Gasteiger partial charge < -0.3 is 19.7 Å². The molecule has 1 N–H and O–H groups in total. The minimum absolute atomic E-state index is 0. The molecule has 7 heteroatoms. The molecule has 2 rings (SSSR count). The molecule has 1 heterocycles. The maximum Gasteiger partial charge on any atom is 0.193 e. The Hall–Kier alpha value is -0.570. The molecule has 0 aliphatic carbocycles. The van der Waals surface area contributed by atoms with E-state index in [2.05, 4.69) is 21.3 Å². The van der Waals surface area contributed by atoms with Crippen molar-refractivity contribution < 1.29 is 9.47 Å². The van der Waals surface area contributed by atoms with Gasteiger partial charge in [-0.25, -0.2) is 0 Å². The molecule has 1 fully saturated rings. The fourth-order valence-electron chi connectivity index (χ4n) is 2.81. The lowest BCUT2D eigenvalue weighted by Gasteiger charge is -2.37. The Morgan fingerprint density at radius 1 is 1.42 bits per heavy atom. The molecular weight excluding hydrogens is 441 g/mol. The van der Waals surface area contributed by atoms with E-state index in [4.69, 9.17) is 21.1 Å². The number of aliphatic imine (C=N–C) groups is 1. The summed E-state index contributed by atoms with van der Waals surface area (Å²) in [5.41, 5.74) is 0.973. The first-order valence-electron chi connectivity index (χ1n) is 7.88. The first-order valence-corrected chi connectivity index (χ1v) is 8.25. The number of halogens is 2. The molecular formula is C17H27ClIN3O2. The Bertz CT molecular complexity index is 536. The van der Waals surface area contributed by atoms with Crippen molar-refractivity contribution in [3.05, 3.63) is 34.9 Å². The van der Waals surface area contributed by atoms with E-state index in [1.54, 1.807) is 14.2 Å². The number of methoxy groups -OCH3 is 1. The molecule has 0 atom stereocenters. The molecule has 0 saturated carbocycles. The summed E-state index contributed by atoms with van der Waals surface area (Å²) in [7, 11) is 5.57. The number of nitrogens with one attached hydrogen (secondary N) is 1. The molecule has 0 aromatic heterocycles. The number of rotatable bonds is 5. The van der Waals surface area contributed by atoms with Gasteiger partial charge in [0.2, 0.25) is 0 Å². The summed E-state index contributed by atoms with van der Waals surface area (Å²) < 4.78 is 11.2. The van der Waals surface area contributed by atoms with Crippen LogP contribution in [0.4, 0.5) is 0 Å². The maximum atomic E-state index is 6.05. The number of hydrogen-bond acceptors (Lipinski definition) is 3. The highest BCUT2D eigenvalue weighted by Crippen LogP contribution is 2.23. The van der Waals surface area contributed by atoms with Crippen LogP contribution in [0, 0.1) is 0 Å². The minimum atomic E-state index is -0.176. The van der Waals surface area contributed by atoms with Crippen molar-refractivity contribution in [1.82, 2.24) is 10.2 Å². The third-order valence-corrected chi connectivity index (χ3v) is 4.52. The quantitative estimate of drug-likeness (QED) is 0.410. The van der Waals surface area contributed by atoms with E-state index >= 15 is 0 Å². The molecule has 1 aliphatic rings. The second-order valence-corrected chi connectivity index (χ2v) is 6.32. The van der Waals surface area contributed by atoms with Crippen LogP contribution in [0.15, 0.2) is 29.3 Å². The van der Waals surface area contributed by atoms with Crippen molar-refractivity contribution in [1.29, 1.82) is 0 Å². The SMILES string of the molecule is CN=C(NCC1(OC)CCOCC1)N(C)Cc1cccc(Cl)c1.I. The Balaban J connectivity index is 0.00000288. The normalized spacial score (nSPS) is 17.1. The van der Waals surface area contributed by atoms with Crippen LogP contribution in [0.3, 0.4) is 0 Å². The molecule has 5 nitrogen and oxygen atoms in total. The molecule has 24 heavy (non-hydrogen) atoms. The van der Waals surface area contributed by atoms with E-state index in [0.717, 1.165) is 55.7 Å². The van der Waals surface area contributed by atoms with E-state index in [-0.39, 0.29) is 29.6 Å². The Morgan fingerprint density at radius 2 is 2.12 bits per heavy atom. The average Bonchev–Trinajstić information content (AvgIpc) is 2.56. The summed E-state index contributed by atoms with van der Waals surface area (Å²) in [5.74, 6) is 0.841. The number of ether oxygens (including phenoxy) is 2. The molecule has 136 valence electrons. The van der Waals surface area contributed by atoms with E-state index < -0.39 is 0 Å². The number of hydrogen-bond donors (Lipinski definition) is 1. The van der Waals surface area contributed by atoms with Gasteiger partial charge in [-0.2, -0.15) is 0 Å². The lowest BCUT2D eigenvalue weighted by Crippen LogP contribution is -2.50. The number of nitrogens with zero attached hydrogens (tertiary/aromatic N) is 2. The highest BCUT2D eigenvalue weighted by atomic mass is 127. The van der Waals surface area contributed by atoms with Gasteiger partial charge in [-0.3, -0.25) is 4.99 Å². The van der Waals surface area contributed by atoms with Gasteiger partial charge in [-0.05, 0) is 17.7 Å². The van der Waals surface area contributed by atoms with Crippen LogP contribution in [-0.2, 0) is 16.0 Å². The Kier molecular flexibility index (Phi) is 9.33. The zero-order chi connectivity index (χ0) is 16.7. The van der Waals surface area contributed by atoms with Gasteiger partial charge in [0, 0.05) is 65.4 Å². The molecule has 1 aromatic carbocycles. The third-order valence-electron chi connectivity index (χ3n) is 4.29. The molecule has 0 unspecified atom stereocenters. The largest absolute Gasteiger partial charge is 0.381 e. The molecule has 0 spiro atoms. The van der Waals surface area contributed by atoms with Crippen molar-refractivity contribution in [2.45, 2.75) is 25.0 Å². The molecule has 1 aromatic rings. The van der Waals surface area contributed by atoms with Crippen LogP contribution in [-0.4, -0.2) is 57.4 Å². The minimum Gasteiger partial charge on any atom is -0.381 e. The summed E-state index contributed by atoms with van der Waals surface area (Å²) in [4.78, 5) is 6.45. The zero-order valence-corrected chi connectivity index (χ0v) is 17.6. The van der Waals surface area contributed by atoms with E-state index in [1.165, 1.54) is 0 Å². The standard InChI is InChI=1S/C17H26ClN3O2.HI/c1-19-16(20-13-17(22-3)7-9-23-10-8-17)21(2)12-14-5-4-6-15(18)11-14;/h4-6,11H,7-10,12-13H2,1-3H3,(H,19,20);1H. The molecule has 1 saturated heterocycles. The zero-order valence-electron chi connectivity index (χ0n) is 14.5. The van der Waals surface area contributed by atoms with Crippen molar-refractivity contribution >= 4 is 41.5 Å². The summed E-state index contributed by atoms with van der Waals surface area (Å²) in [6.07, 6.45) is 1.79. The smallest absolute Gasteiger partial charge is 0.193 e. The van der Waals surface area contributed by atoms with Crippen LogP contribution < -0.4 is 5.32 Å². The van der Waals surface area contributed by atoms with E-state index in [0.29, 0.717) is 0 Å². The van der Waals surface area contributed by atoms with Gasteiger partial charge in [-0.15, -0.1) is 24.0 Å². The summed E-state index contributed by atoms with van der Waals surface area (Å²) in [5, 5.41) is 4.18. The van der Waals surface area contributed by atoms with Crippen molar-refractivity contribution in [3.8, 4) is 0 Å². The van der Waals surface area contributed by atoms with Crippen LogP contribution >= 0.6 is 35.6 Å².